The Morgan fingerprint density at radius 3 is 2.69 bits per heavy atom. The molecule has 1 N–H and O–H groups in total. The lowest BCUT2D eigenvalue weighted by Gasteiger charge is -2.06. The van der Waals surface area contributed by atoms with Crippen molar-refractivity contribution in [1.82, 2.24) is 0 Å². The number of benzene rings is 1. The van der Waals surface area contributed by atoms with Crippen molar-refractivity contribution in [2.45, 2.75) is 20.3 Å². The maximum Gasteiger partial charge on any atom is 0.306 e. The van der Waals surface area contributed by atoms with Crippen molar-refractivity contribution in [3.63, 3.8) is 0 Å². The van der Waals surface area contributed by atoms with E-state index in [9.17, 15) is 14.9 Å². The molecule has 0 radical (unpaired) electrons. The van der Waals surface area contributed by atoms with Crippen LogP contribution in [0.4, 0.5) is 5.69 Å². The van der Waals surface area contributed by atoms with Crippen molar-refractivity contribution < 1.29 is 14.8 Å². The van der Waals surface area contributed by atoms with Crippen LogP contribution in [0.5, 0.6) is 0 Å². The maximum absolute atomic E-state index is 10.7. The Labute approximate surface area is 92.9 Å². The molecule has 1 unspecified atom stereocenters. The molecule has 86 valence electrons. The molecule has 1 rings (SSSR count). The molecule has 1 atom stereocenters. The fourth-order valence-corrected chi connectivity index (χ4v) is 1.42. The van der Waals surface area contributed by atoms with Crippen molar-refractivity contribution in [3.05, 3.63) is 39.4 Å². The molecule has 5 nitrogen and oxygen atoms in total. The summed E-state index contributed by atoms with van der Waals surface area (Å²) in [4.78, 5) is 20.9. The predicted octanol–water partition coefficient (Wildman–Crippen LogP) is 2.17. The third-order valence-electron chi connectivity index (χ3n) is 2.43. The van der Waals surface area contributed by atoms with E-state index in [0.29, 0.717) is 17.5 Å². The van der Waals surface area contributed by atoms with Gasteiger partial charge >= 0.3 is 5.97 Å². The highest BCUT2D eigenvalue weighted by Crippen LogP contribution is 2.21. The van der Waals surface area contributed by atoms with Crippen LogP contribution >= 0.6 is 0 Å². The second kappa shape index (κ2) is 4.74. The molecule has 5 heteroatoms. The average molecular weight is 223 g/mol. The highest BCUT2D eigenvalue weighted by Gasteiger charge is 2.15. The minimum atomic E-state index is -0.900. The molecule has 0 spiro atoms. The molecule has 0 aliphatic rings. The number of aryl methyl sites for hydroxylation is 1. The summed E-state index contributed by atoms with van der Waals surface area (Å²) < 4.78 is 0. The molecular weight excluding hydrogens is 210 g/mol. The molecular formula is C11H13NO4. The number of carbonyl (C=O) groups is 1. The van der Waals surface area contributed by atoms with Gasteiger partial charge in [-0.15, -0.1) is 0 Å². The highest BCUT2D eigenvalue weighted by molar-refractivity contribution is 5.70. The van der Waals surface area contributed by atoms with Gasteiger partial charge in [0.25, 0.3) is 5.69 Å². The van der Waals surface area contributed by atoms with Gasteiger partial charge in [0.1, 0.15) is 0 Å². The lowest BCUT2D eigenvalue weighted by atomic mass is 9.99. The van der Waals surface area contributed by atoms with Crippen molar-refractivity contribution in [2.24, 2.45) is 5.92 Å². The number of aliphatic carboxylic acids is 1. The number of carboxylic acids is 1. The van der Waals surface area contributed by atoms with Crippen LogP contribution in [0.15, 0.2) is 18.2 Å². The summed E-state index contributed by atoms with van der Waals surface area (Å²) in [5.74, 6) is -1.44. The fourth-order valence-electron chi connectivity index (χ4n) is 1.42. The van der Waals surface area contributed by atoms with E-state index in [4.69, 9.17) is 5.11 Å². The van der Waals surface area contributed by atoms with Crippen LogP contribution in [-0.4, -0.2) is 16.0 Å². The normalized spacial score (nSPS) is 12.1. The molecule has 0 saturated heterocycles. The van der Waals surface area contributed by atoms with E-state index < -0.39 is 16.8 Å². The van der Waals surface area contributed by atoms with Gasteiger partial charge in [-0.3, -0.25) is 14.9 Å². The summed E-state index contributed by atoms with van der Waals surface area (Å²) in [5, 5.41) is 19.4. The number of nitrogens with zero attached hydrogens (tertiary/aromatic N) is 1. The van der Waals surface area contributed by atoms with E-state index in [0.717, 1.165) is 0 Å². The maximum atomic E-state index is 10.7. The molecule has 0 aromatic heterocycles. The lowest BCUT2D eigenvalue weighted by Crippen LogP contribution is -2.12. The van der Waals surface area contributed by atoms with Crippen LogP contribution in [-0.2, 0) is 11.2 Å². The topological polar surface area (TPSA) is 80.4 Å². The van der Waals surface area contributed by atoms with Crippen LogP contribution < -0.4 is 0 Å². The van der Waals surface area contributed by atoms with E-state index >= 15 is 0 Å². The van der Waals surface area contributed by atoms with E-state index in [2.05, 4.69) is 0 Å². The molecule has 0 amide bonds. The van der Waals surface area contributed by atoms with E-state index in [-0.39, 0.29) is 5.69 Å². The second-order valence-electron chi connectivity index (χ2n) is 3.82. The van der Waals surface area contributed by atoms with Gasteiger partial charge in [-0.05, 0) is 18.9 Å². The molecule has 1 aromatic carbocycles. The third-order valence-corrected chi connectivity index (χ3v) is 2.43. The Balaban J connectivity index is 2.95. The van der Waals surface area contributed by atoms with Crippen LogP contribution in [0.3, 0.4) is 0 Å². The number of carboxylic acid groups (broad SMARTS) is 1. The Bertz CT molecular complexity index is 428. The van der Waals surface area contributed by atoms with Crippen molar-refractivity contribution in [2.75, 3.05) is 0 Å². The van der Waals surface area contributed by atoms with Crippen molar-refractivity contribution in [3.8, 4) is 0 Å². The molecule has 0 bridgehead atoms. The minimum absolute atomic E-state index is 0.0371. The average Bonchev–Trinajstić information content (AvgIpc) is 2.20. The quantitative estimate of drug-likeness (QED) is 0.626. The first-order valence-corrected chi connectivity index (χ1v) is 4.88. The van der Waals surface area contributed by atoms with Gasteiger partial charge in [0.2, 0.25) is 0 Å². The molecule has 0 fully saturated rings. The van der Waals surface area contributed by atoms with Crippen LogP contribution in [0.2, 0.25) is 0 Å². The van der Waals surface area contributed by atoms with Crippen LogP contribution in [0, 0.1) is 23.0 Å². The number of hydrogen-bond donors (Lipinski definition) is 1. The smallest absolute Gasteiger partial charge is 0.306 e. The fraction of sp³-hybridized carbons (Fsp3) is 0.364. The molecule has 1 aromatic rings. The summed E-state index contributed by atoms with van der Waals surface area (Å²) in [6, 6.07) is 4.80. The summed E-state index contributed by atoms with van der Waals surface area (Å²) >= 11 is 0. The monoisotopic (exact) mass is 223 g/mol. The zero-order valence-electron chi connectivity index (χ0n) is 9.14. The van der Waals surface area contributed by atoms with Gasteiger partial charge in [0, 0.05) is 11.6 Å². The molecule has 0 aliphatic heterocycles. The predicted molar refractivity (Wildman–Crippen MR) is 58.3 cm³/mol. The first-order chi connectivity index (χ1) is 7.41. The first-order valence-electron chi connectivity index (χ1n) is 4.88. The Hall–Kier alpha value is -1.91. The SMILES string of the molecule is Cc1ccc(CC(C)C(=O)O)cc1[N+](=O)[O-]. The van der Waals surface area contributed by atoms with Crippen LogP contribution in [0.25, 0.3) is 0 Å². The number of nitro groups is 1. The standard InChI is InChI=1S/C11H13NO4/c1-7-3-4-9(5-8(2)11(13)14)6-10(7)12(15)16/h3-4,6,8H,5H2,1-2H3,(H,13,14). The molecule has 0 saturated carbocycles. The molecule has 0 heterocycles. The van der Waals surface area contributed by atoms with E-state index in [1.807, 2.05) is 0 Å². The summed E-state index contributed by atoms with van der Waals surface area (Å²) in [6.45, 7) is 3.23. The molecule has 16 heavy (non-hydrogen) atoms. The summed E-state index contributed by atoms with van der Waals surface area (Å²) in [7, 11) is 0. The summed E-state index contributed by atoms with van der Waals surface area (Å²) in [6.07, 6.45) is 0.302. The van der Waals surface area contributed by atoms with Crippen molar-refractivity contribution >= 4 is 11.7 Å². The Morgan fingerprint density at radius 1 is 1.56 bits per heavy atom. The second-order valence-corrected chi connectivity index (χ2v) is 3.82. The third kappa shape index (κ3) is 2.79. The highest BCUT2D eigenvalue weighted by atomic mass is 16.6. The number of nitro benzene ring substituents is 1. The van der Waals surface area contributed by atoms with Gasteiger partial charge in [-0.25, -0.2) is 0 Å². The lowest BCUT2D eigenvalue weighted by molar-refractivity contribution is -0.385. The largest absolute Gasteiger partial charge is 0.481 e. The van der Waals surface area contributed by atoms with Gasteiger partial charge in [0.05, 0.1) is 10.8 Å². The van der Waals surface area contributed by atoms with Gasteiger partial charge in [-0.2, -0.15) is 0 Å². The van der Waals surface area contributed by atoms with E-state index in [1.165, 1.54) is 6.07 Å². The Morgan fingerprint density at radius 2 is 2.19 bits per heavy atom. The van der Waals surface area contributed by atoms with Gasteiger partial charge < -0.3 is 5.11 Å². The van der Waals surface area contributed by atoms with Crippen LogP contribution in [0.1, 0.15) is 18.1 Å². The number of rotatable bonds is 4. The van der Waals surface area contributed by atoms with Gasteiger partial charge in [0.15, 0.2) is 0 Å². The summed E-state index contributed by atoms with van der Waals surface area (Å²) in [5.41, 5.74) is 1.29. The molecule has 0 aliphatic carbocycles. The zero-order chi connectivity index (χ0) is 12.3. The van der Waals surface area contributed by atoms with E-state index in [1.54, 1.807) is 26.0 Å². The first kappa shape index (κ1) is 12.2. The Kier molecular flexibility index (Phi) is 3.60. The minimum Gasteiger partial charge on any atom is -0.481 e. The van der Waals surface area contributed by atoms with Gasteiger partial charge in [-0.1, -0.05) is 19.1 Å². The zero-order valence-corrected chi connectivity index (χ0v) is 9.14. The van der Waals surface area contributed by atoms with Crippen molar-refractivity contribution in [1.29, 1.82) is 0 Å². The number of hydrogen-bond acceptors (Lipinski definition) is 3.